The number of carbonyl (C=O) groups excluding carboxylic acids is 1. The van der Waals surface area contributed by atoms with Crippen LogP contribution in [-0.4, -0.2) is 34.7 Å². The van der Waals surface area contributed by atoms with Crippen molar-refractivity contribution in [2.24, 2.45) is 5.73 Å². The number of rotatable bonds is 0. The Labute approximate surface area is 72.3 Å². The fourth-order valence-corrected chi connectivity index (χ4v) is 1.48. The number of nitrogens with two attached hydrogens (primary N) is 1. The Bertz CT molecular complexity index is 180. The van der Waals surface area contributed by atoms with Gasteiger partial charge in [0.1, 0.15) is 0 Å². The minimum absolute atomic E-state index is 0.382. The van der Waals surface area contributed by atoms with E-state index in [2.05, 4.69) is 0 Å². The lowest BCUT2D eigenvalue weighted by Crippen LogP contribution is -2.37. The number of primary amides is 1. The minimum atomic E-state index is -0.621. The predicted molar refractivity (Wildman–Crippen MR) is 45.6 cm³/mol. The highest BCUT2D eigenvalue weighted by Crippen LogP contribution is 2.20. The van der Waals surface area contributed by atoms with Crippen LogP contribution in [0, 0.1) is 0 Å². The van der Waals surface area contributed by atoms with E-state index in [1.165, 1.54) is 0 Å². The molecular formula is C8H16N2O2. The van der Waals surface area contributed by atoms with Crippen LogP contribution in [0.3, 0.4) is 0 Å². The molecule has 1 rings (SSSR count). The fourth-order valence-electron chi connectivity index (χ4n) is 1.48. The normalized spacial score (nSPS) is 31.3. The molecule has 0 bridgehead atoms. The van der Waals surface area contributed by atoms with E-state index in [9.17, 15) is 9.90 Å². The van der Waals surface area contributed by atoms with Gasteiger partial charge in [0, 0.05) is 13.1 Å². The molecular weight excluding hydrogens is 156 g/mol. The third-order valence-electron chi connectivity index (χ3n) is 2.38. The van der Waals surface area contributed by atoms with Crippen molar-refractivity contribution in [3.8, 4) is 0 Å². The Morgan fingerprint density at radius 3 is 2.75 bits per heavy atom. The van der Waals surface area contributed by atoms with Crippen LogP contribution >= 0.6 is 0 Å². The molecule has 1 atom stereocenters. The van der Waals surface area contributed by atoms with Gasteiger partial charge in [-0.1, -0.05) is 0 Å². The summed E-state index contributed by atoms with van der Waals surface area (Å²) >= 11 is 0. The minimum Gasteiger partial charge on any atom is -0.390 e. The van der Waals surface area contributed by atoms with Gasteiger partial charge in [0.15, 0.2) is 0 Å². The summed E-state index contributed by atoms with van der Waals surface area (Å²) in [5, 5.41) is 9.68. The van der Waals surface area contributed by atoms with Crippen LogP contribution in [-0.2, 0) is 0 Å². The van der Waals surface area contributed by atoms with E-state index < -0.39 is 5.60 Å². The molecule has 1 unspecified atom stereocenters. The summed E-state index contributed by atoms with van der Waals surface area (Å²) in [5.41, 5.74) is 4.51. The van der Waals surface area contributed by atoms with E-state index in [4.69, 9.17) is 5.73 Å². The van der Waals surface area contributed by atoms with Gasteiger partial charge >= 0.3 is 6.03 Å². The molecule has 4 heteroatoms. The maximum absolute atomic E-state index is 10.8. The van der Waals surface area contributed by atoms with Crippen LogP contribution in [0.15, 0.2) is 0 Å². The lowest BCUT2D eigenvalue weighted by molar-refractivity contribution is 0.0458. The van der Waals surface area contributed by atoms with E-state index in [1.807, 2.05) is 0 Å². The van der Waals surface area contributed by atoms with Crippen LogP contribution in [0.4, 0.5) is 4.79 Å². The zero-order valence-electron chi connectivity index (χ0n) is 7.42. The first kappa shape index (κ1) is 9.32. The van der Waals surface area contributed by atoms with Crippen molar-refractivity contribution in [3.05, 3.63) is 0 Å². The number of carbonyl (C=O) groups is 1. The van der Waals surface area contributed by atoms with Crippen molar-refractivity contribution in [3.63, 3.8) is 0 Å². The Kier molecular flexibility index (Phi) is 2.57. The number of amides is 2. The molecule has 2 amide bonds. The number of nitrogens with zero attached hydrogens (tertiary/aromatic N) is 1. The average Bonchev–Trinajstić information content (AvgIpc) is 2.10. The molecule has 12 heavy (non-hydrogen) atoms. The fraction of sp³-hybridized carbons (Fsp3) is 0.875. The highest BCUT2D eigenvalue weighted by molar-refractivity contribution is 5.71. The zero-order valence-corrected chi connectivity index (χ0v) is 7.42. The SMILES string of the molecule is CC1(O)CCCN(C(N)=O)CC1. The molecule has 0 aliphatic carbocycles. The van der Waals surface area contributed by atoms with E-state index in [0.717, 1.165) is 12.8 Å². The van der Waals surface area contributed by atoms with Gasteiger partial charge in [0.25, 0.3) is 0 Å². The van der Waals surface area contributed by atoms with Gasteiger partial charge < -0.3 is 15.7 Å². The van der Waals surface area contributed by atoms with Crippen LogP contribution in [0.2, 0.25) is 0 Å². The molecule has 0 aromatic rings. The molecule has 0 spiro atoms. The molecule has 1 aliphatic heterocycles. The predicted octanol–water partition coefficient (Wildman–Crippen LogP) is 0.302. The molecule has 1 aliphatic rings. The van der Waals surface area contributed by atoms with Gasteiger partial charge in [0.05, 0.1) is 5.60 Å². The molecule has 0 radical (unpaired) electrons. The van der Waals surface area contributed by atoms with Crippen LogP contribution in [0.25, 0.3) is 0 Å². The van der Waals surface area contributed by atoms with Crippen LogP contribution in [0.1, 0.15) is 26.2 Å². The van der Waals surface area contributed by atoms with Crippen molar-refractivity contribution >= 4 is 6.03 Å². The highest BCUT2D eigenvalue weighted by atomic mass is 16.3. The maximum atomic E-state index is 10.8. The monoisotopic (exact) mass is 172 g/mol. The van der Waals surface area contributed by atoms with Crippen molar-refractivity contribution in [2.75, 3.05) is 13.1 Å². The molecule has 3 N–H and O–H groups in total. The molecule has 70 valence electrons. The van der Waals surface area contributed by atoms with Crippen molar-refractivity contribution in [1.82, 2.24) is 4.90 Å². The molecule has 0 saturated carbocycles. The van der Waals surface area contributed by atoms with Gasteiger partial charge in [-0.3, -0.25) is 0 Å². The van der Waals surface area contributed by atoms with Crippen molar-refractivity contribution in [1.29, 1.82) is 0 Å². The van der Waals surface area contributed by atoms with Gasteiger partial charge in [-0.25, -0.2) is 4.79 Å². The third kappa shape index (κ3) is 2.37. The summed E-state index contributed by atoms with van der Waals surface area (Å²) in [7, 11) is 0. The largest absolute Gasteiger partial charge is 0.390 e. The summed E-state index contributed by atoms with van der Waals surface area (Å²) in [5.74, 6) is 0. The first-order valence-electron chi connectivity index (χ1n) is 4.28. The van der Waals surface area contributed by atoms with Crippen LogP contribution < -0.4 is 5.73 Å². The number of likely N-dealkylation sites (tertiary alicyclic amines) is 1. The van der Waals surface area contributed by atoms with Crippen molar-refractivity contribution < 1.29 is 9.90 Å². The van der Waals surface area contributed by atoms with Gasteiger partial charge in [-0.15, -0.1) is 0 Å². The summed E-state index contributed by atoms with van der Waals surface area (Å²) in [4.78, 5) is 12.4. The van der Waals surface area contributed by atoms with Gasteiger partial charge in [0.2, 0.25) is 0 Å². The standard InChI is InChI=1S/C8H16N2O2/c1-8(12)3-2-5-10(6-4-8)7(9)11/h12H,2-6H2,1H3,(H2,9,11). The first-order chi connectivity index (χ1) is 5.51. The second kappa shape index (κ2) is 3.31. The highest BCUT2D eigenvalue weighted by Gasteiger charge is 2.25. The van der Waals surface area contributed by atoms with E-state index >= 15 is 0 Å². The van der Waals surface area contributed by atoms with E-state index in [-0.39, 0.29) is 6.03 Å². The lowest BCUT2D eigenvalue weighted by atomic mass is 9.98. The Morgan fingerprint density at radius 2 is 2.17 bits per heavy atom. The zero-order chi connectivity index (χ0) is 9.19. The average molecular weight is 172 g/mol. The molecule has 0 aromatic carbocycles. The number of hydrogen-bond acceptors (Lipinski definition) is 2. The van der Waals surface area contributed by atoms with Gasteiger partial charge in [-0.2, -0.15) is 0 Å². The Morgan fingerprint density at radius 1 is 1.50 bits per heavy atom. The second-order valence-corrected chi connectivity index (χ2v) is 3.68. The van der Waals surface area contributed by atoms with Crippen LogP contribution in [0.5, 0.6) is 0 Å². The lowest BCUT2D eigenvalue weighted by Gasteiger charge is -2.21. The summed E-state index contributed by atoms with van der Waals surface area (Å²) < 4.78 is 0. The Balaban J connectivity index is 2.50. The molecule has 1 heterocycles. The molecule has 1 saturated heterocycles. The molecule has 1 fully saturated rings. The number of urea groups is 1. The van der Waals surface area contributed by atoms with E-state index in [1.54, 1.807) is 11.8 Å². The summed E-state index contributed by atoms with van der Waals surface area (Å²) in [6.07, 6.45) is 2.20. The summed E-state index contributed by atoms with van der Waals surface area (Å²) in [6, 6.07) is -0.382. The smallest absolute Gasteiger partial charge is 0.314 e. The molecule has 0 aromatic heterocycles. The van der Waals surface area contributed by atoms with E-state index in [0.29, 0.717) is 19.5 Å². The topological polar surface area (TPSA) is 66.6 Å². The first-order valence-corrected chi connectivity index (χ1v) is 4.28. The Hall–Kier alpha value is -0.770. The second-order valence-electron chi connectivity index (χ2n) is 3.68. The van der Waals surface area contributed by atoms with Crippen molar-refractivity contribution in [2.45, 2.75) is 31.8 Å². The van der Waals surface area contributed by atoms with Gasteiger partial charge in [-0.05, 0) is 26.2 Å². The quantitative estimate of drug-likeness (QED) is 0.552. The molecule has 4 nitrogen and oxygen atoms in total. The maximum Gasteiger partial charge on any atom is 0.314 e. The summed E-state index contributed by atoms with van der Waals surface area (Å²) in [6.45, 7) is 3.05. The number of aliphatic hydroxyl groups is 1. The third-order valence-corrected chi connectivity index (χ3v) is 2.38. The number of hydrogen-bond donors (Lipinski definition) is 2.